The highest BCUT2D eigenvalue weighted by Crippen LogP contribution is 2.19. The van der Waals surface area contributed by atoms with Crippen molar-refractivity contribution in [1.82, 2.24) is 23.9 Å². The van der Waals surface area contributed by atoms with Crippen LogP contribution in [0.15, 0.2) is 23.4 Å². The van der Waals surface area contributed by atoms with Gasteiger partial charge in [0, 0.05) is 32.5 Å². The molecule has 0 N–H and O–H groups in total. The summed E-state index contributed by atoms with van der Waals surface area (Å²) in [4.78, 5) is 0.259. The molecule has 2 heterocycles. The van der Waals surface area contributed by atoms with E-state index < -0.39 is 10.0 Å². The SMILES string of the molecule is CCn1cc(S(=O)(=O)N(C)Cc2ccnn2CC)c(C)n1. The molecule has 0 unspecified atom stereocenters. The first-order valence-electron chi connectivity index (χ1n) is 6.91. The van der Waals surface area contributed by atoms with E-state index in [9.17, 15) is 8.42 Å². The van der Waals surface area contributed by atoms with Gasteiger partial charge >= 0.3 is 0 Å². The molecule has 0 spiro atoms. The largest absolute Gasteiger partial charge is 0.271 e. The van der Waals surface area contributed by atoms with E-state index in [1.54, 1.807) is 35.7 Å². The van der Waals surface area contributed by atoms with Crippen molar-refractivity contribution in [2.75, 3.05) is 7.05 Å². The van der Waals surface area contributed by atoms with E-state index in [4.69, 9.17) is 0 Å². The van der Waals surface area contributed by atoms with Gasteiger partial charge in [0.05, 0.1) is 17.9 Å². The molecule has 21 heavy (non-hydrogen) atoms. The first-order valence-corrected chi connectivity index (χ1v) is 8.35. The molecule has 0 atom stereocenters. The zero-order chi connectivity index (χ0) is 15.6. The number of rotatable bonds is 6. The summed E-state index contributed by atoms with van der Waals surface area (Å²) in [6.45, 7) is 7.24. The second kappa shape index (κ2) is 5.98. The molecule has 0 radical (unpaired) electrons. The summed E-state index contributed by atoms with van der Waals surface area (Å²) in [6.07, 6.45) is 3.26. The Morgan fingerprint density at radius 3 is 2.57 bits per heavy atom. The monoisotopic (exact) mass is 311 g/mol. The van der Waals surface area contributed by atoms with Crippen molar-refractivity contribution in [2.24, 2.45) is 0 Å². The van der Waals surface area contributed by atoms with Gasteiger partial charge in [-0.1, -0.05) is 0 Å². The van der Waals surface area contributed by atoms with Crippen LogP contribution < -0.4 is 0 Å². The molecule has 2 aromatic heterocycles. The van der Waals surface area contributed by atoms with Crippen LogP contribution in [0.25, 0.3) is 0 Å². The maximum absolute atomic E-state index is 12.7. The van der Waals surface area contributed by atoms with Crippen LogP contribution in [0.1, 0.15) is 25.2 Å². The van der Waals surface area contributed by atoms with Gasteiger partial charge in [0.2, 0.25) is 10.0 Å². The van der Waals surface area contributed by atoms with Gasteiger partial charge in [0.25, 0.3) is 0 Å². The van der Waals surface area contributed by atoms with E-state index >= 15 is 0 Å². The first-order chi connectivity index (χ1) is 9.90. The fraction of sp³-hybridized carbons (Fsp3) is 0.538. The van der Waals surface area contributed by atoms with E-state index in [2.05, 4.69) is 10.2 Å². The predicted octanol–water partition coefficient (Wildman–Crippen LogP) is 1.25. The average molecular weight is 311 g/mol. The number of hydrogen-bond acceptors (Lipinski definition) is 4. The Balaban J connectivity index is 2.28. The second-order valence-electron chi connectivity index (χ2n) is 4.83. The molecule has 0 aliphatic rings. The predicted molar refractivity (Wildman–Crippen MR) is 79.2 cm³/mol. The fourth-order valence-electron chi connectivity index (χ4n) is 2.17. The van der Waals surface area contributed by atoms with Crippen LogP contribution in [0.5, 0.6) is 0 Å². The molecule has 0 aliphatic carbocycles. The maximum Gasteiger partial charge on any atom is 0.246 e. The van der Waals surface area contributed by atoms with Crippen molar-refractivity contribution in [1.29, 1.82) is 0 Å². The molecule has 0 saturated heterocycles. The van der Waals surface area contributed by atoms with Crippen LogP contribution >= 0.6 is 0 Å². The molecule has 0 amide bonds. The fourth-order valence-corrected chi connectivity index (χ4v) is 3.48. The zero-order valence-electron chi connectivity index (χ0n) is 12.8. The van der Waals surface area contributed by atoms with Crippen LogP contribution in [0.3, 0.4) is 0 Å². The van der Waals surface area contributed by atoms with Gasteiger partial charge in [-0.3, -0.25) is 9.36 Å². The minimum absolute atomic E-state index is 0.259. The molecule has 116 valence electrons. The average Bonchev–Trinajstić information content (AvgIpc) is 3.04. The van der Waals surface area contributed by atoms with E-state index in [1.165, 1.54) is 4.31 Å². The molecule has 8 heteroatoms. The molecule has 7 nitrogen and oxygen atoms in total. The summed E-state index contributed by atoms with van der Waals surface area (Å²) in [6, 6.07) is 1.83. The number of nitrogens with zero attached hydrogens (tertiary/aromatic N) is 5. The van der Waals surface area contributed by atoms with Gasteiger partial charge in [0.1, 0.15) is 4.90 Å². The summed E-state index contributed by atoms with van der Waals surface area (Å²) in [5.41, 5.74) is 1.39. The topological polar surface area (TPSA) is 73.0 Å². The third-order valence-electron chi connectivity index (χ3n) is 3.40. The minimum atomic E-state index is -3.55. The van der Waals surface area contributed by atoms with Crippen LogP contribution in [-0.2, 0) is 29.7 Å². The lowest BCUT2D eigenvalue weighted by molar-refractivity contribution is 0.446. The highest BCUT2D eigenvalue weighted by Gasteiger charge is 2.26. The lowest BCUT2D eigenvalue weighted by Crippen LogP contribution is -2.28. The Morgan fingerprint density at radius 2 is 2.00 bits per heavy atom. The molecule has 2 rings (SSSR count). The summed E-state index contributed by atoms with van der Waals surface area (Å²) in [5, 5.41) is 8.36. The zero-order valence-corrected chi connectivity index (χ0v) is 13.6. The Morgan fingerprint density at radius 1 is 1.29 bits per heavy atom. The quantitative estimate of drug-likeness (QED) is 0.805. The van der Waals surface area contributed by atoms with Crippen molar-refractivity contribution < 1.29 is 8.42 Å². The van der Waals surface area contributed by atoms with Gasteiger partial charge in [-0.2, -0.15) is 14.5 Å². The number of sulfonamides is 1. The van der Waals surface area contributed by atoms with E-state index in [-0.39, 0.29) is 11.4 Å². The summed E-state index contributed by atoms with van der Waals surface area (Å²) >= 11 is 0. The lowest BCUT2D eigenvalue weighted by Gasteiger charge is -2.17. The maximum atomic E-state index is 12.7. The Kier molecular flexibility index (Phi) is 4.48. The molecular weight excluding hydrogens is 290 g/mol. The third kappa shape index (κ3) is 3.01. The molecule has 2 aromatic rings. The summed E-state index contributed by atoms with van der Waals surface area (Å²) < 4.78 is 30.1. The summed E-state index contributed by atoms with van der Waals surface area (Å²) in [5.74, 6) is 0. The highest BCUT2D eigenvalue weighted by molar-refractivity contribution is 7.89. The Hall–Kier alpha value is -1.67. The van der Waals surface area contributed by atoms with Crippen molar-refractivity contribution >= 4 is 10.0 Å². The molecule has 0 saturated carbocycles. The number of aryl methyl sites for hydroxylation is 3. The second-order valence-corrected chi connectivity index (χ2v) is 6.85. The van der Waals surface area contributed by atoms with E-state index in [0.717, 1.165) is 5.69 Å². The van der Waals surface area contributed by atoms with Crippen molar-refractivity contribution in [3.63, 3.8) is 0 Å². The lowest BCUT2D eigenvalue weighted by atomic mass is 10.4. The molecule has 0 aromatic carbocycles. The first kappa shape index (κ1) is 15.7. The van der Waals surface area contributed by atoms with Gasteiger partial charge < -0.3 is 0 Å². The Bertz CT molecular complexity index is 717. The highest BCUT2D eigenvalue weighted by atomic mass is 32.2. The van der Waals surface area contributed by atoms with Crippen molar-refractivity contribution in [3.05, 3.63) is 29.8 Å². The van der Waals surface area contributed by atoms with E-state index in [1.807, 2.05) is 19.9 Å². The number of aromatic nitrogens is 4. The third-order valence-corrected chi connectivity index (χ3v) is 5.31. The van der Waals surface area contributed by atoms with Crippen LogP contribution in [0, 0.1) is 6.92 Å². The molecule has 0 aliphatic heterocycles. The normalized spacial score (nSPS) is 12.2. The van der Waals surface area contributed by atoms with E-state index in [0.29, 0.717) is 18.8 Å². The van der Waals surface area contributed by atoms with Crippen LogP contribution in [0.4, 0.5) is 0 Å². The van der Waals surface area contributed by atoms with Crippen molar-refractivity contribution in [3.8, 4) is 0 Å². The van der Waals surface area contributed by atoms with Crippen LogP contribution in [0.2, 0.25) is 0 Å². The molecule has 0 bridgehead atoms. The molecule has 0 fully saturated rings. The van der Waals surface area contributed by atoms with Gasteiger partial charge in [-0.15, -0.1) is 0 Å². The number of hydrogen-bond donors (Lipinski definition) is 0. The minimum Gasteiger partial charge on any atom is -0.271 e. The summed E-state index contributed by atoms with van der Waals surface area (Å²) in [7, 11) is -1.98. The van der Waals surface area contributed by atoms with Crippen molar-refractivity contribution in [2.45, 2.75) is 45.3 Å². The standard InChI is InChI=1S/C13H21N5O2S/c1-5-17-10-13(11(3)15-17)21(19,20)16(4)9-12-7-8-14-18(12)6-2/h7-8,10H,5-6,9H2,1-4H3. The van der Waals surface area contributed by atoms with Crippen LogP contribution in [-0.4, -0.2) is 39.3 Å². The van der Waals surface area contributed by atoms with Gasteiger partial charge in [0.15, 0.2) is 0 Å². The molecular formula is C13H21N5O2S. The Labute approximate surface area is 125 Å². The van der Waals surface area contributed by atoms with Gasteiger partial charge in [-0.25, -0.2) is 8.42 Å². The van der Waals surface area contributed by atoms with Gasteiger partial charge in [-0.05, 0) is 26.8 Å². The smallest absolute Gasteiger partial charge is 0.246 e.